The Bertz CT molecular complexity index is 566. The molecule has 19 heavy (non-hydrogen) atoms. The van der Waals surface area contributed by atoms with E-state index < -0.39 is 10.0 Å². The lowest BCUT2D eigenvalue weighted by atomic mass is 9.84. The first-order valence-electron chi connectivity index (χ1n) is 6.13. The van der Waals surface area contributed by atoms with Gasteiger partial charge in [0, 0.05) is 12.0 Å². The molecule has 0 atom stereocenters. The van der Waals surface area contributed by atoms with Gasteiger partial charge in [-0.05, 0) is 17.7 Å². The Morgan fingerprint density at radius 3 is 2.47 bits per heavy atom. The largest absolute Gasteiger partial charge is 0.486 e. The Morgan fingerprint density at radius 2 is 1.84 bits per heavy atom. The fourth-order valence-electron chi connectivity index (χ4n) is 1.88. The molecular weight excluding hydrogens is 266 g/mol. The molecule has 2 rings (SSSR count). The summed E-state index contributed by atoms with van der Waals surface area (Å²) in [5.41, 5.74) is 0.687. The zero-order chi connectivity index (χ0) is 14.1. The van der Waals surface area contributed by atoms with Crippen molar-refractivity contribution in [3.8, 4) is 11.5 Å². The van der Waals surface area contributed by atoms with E-state index in [1.54, 1.807) is 0 Å². The summed E-state index contributed by atoms with van der Waals surface area (Å²) in [7, 11) is -3.19. The molecule has 1 aromatic rings. The lowest BCUT2D eigenvalue weighted by molar-refractivity contribution is 0.171. The Kier molecular flexibility index (Phi) is 3.73. The molecule has 1 N–H and O–H groups in total. The van der Waals surface area contributed by atoms with Crippen molar-refractivity contribution in [1.82, 2.24) is 4.72 Å². The molecule has 106 valence electrons. The standard InChI is InChI=1S/C13H19NO4S/c1-13(2,9-14-19(3,15)16)10-4-5-11-12(8-10)18-7-6-17-11/h4-5,8,14H,6-7,9H2,1-3H3. The highest BCUT2D eigenvalue weighted by atomic mass is 32.2. The summed E-state index contributed by atoms with van der Waals surface area (Å²) in [5, 5.41) is 0. The van der Waals surface area contributed by atoms with Crippen molar-refractivity contribution >= 4 is 10.0 Å². The quantitative estimate of drug-likeness (QED) is 0.905. The highest BCUT2D eigenvalue weighted by Crippen LogP contribution is 2.34. The smallest absolute Gasteiger partial charge is 0.208 e. The van der Waals surface area contributed by atoms with Crippen molar-refractivity contribution < 1.29 is 17.9 Å². The molecule has 5 nitrogen and oxygen atoms in total. The summed E-state index contributed by atoms with van der Waals surface area (Å²) >= 11 is 0. The molecule has 0 amide bonds. The van der Waals surface area contributed by atoms with Crippen LogP contribution in [0.4, 0.5) is 0 Å². The van der Waals surface area contributed by atoms with Crippen LogP contribution in [0.15, 0.2) is 18.2 Å². The number of benzene rings is 1. The van der Waals surface area contributed by atoms with Crippen LogP contribution in [0.5, 0.6) is 11.5 Å². The molecule has 1 heterocycles. The first-order valence-corrected chi connectivity index (χ1v) is 8.02. The van der Waals surface area contributed by atoms with Gasteiger partial charge >= 0.3 is 0 Å². The second kappa shape index (κ2) is 5.02. The number of hydrogen-bond donors (Lipinski definition) is 1. The minimum Gasteiger partial charge on any atom is -0.486 e. The predicted molar refractivity (Wildman–Crippen MR) is 73.3 cm³/mol. The van der Waals surface area contributed by atoms with Gasteiger partial charge in [0.15, 0.2) is 11.5 Å². The summed E-state index contributed by atoms with van der Waals surface area (Å²) in [6.45, 7) is 5.41. The van der Waals surface area contributed by atoms with Gasteiger partial charge < -0.3 is 9.47 Å². The van der Waals surface area contributed by atoms with Gasteiger partial charge in [0.25, 0.3) is 0 Å². The number of hydrogen-bond acceptors (Lipinski definition) is 4. The molecule has 0 saturated heterocycles. The van der Waals surface area contributed by atoms with Crippen LogP contribution in [0.25, 0.3) is 0 Å². The summed E-state index contributed by atoms with van der Waals surface area (Å²) in [5.74, 6) is 1.46. The van der Waals surface area contributed by atoms with Crippen molar-refractivity contribution in [2.45, 2.75) is 19.3 Å². The maximum atomic E-state index is 11.2. The number of sulfonamides is 1. The van der Waals surface area contributed by atoms with Crippen molar-refractivity contribution in [3.05, 3.63) is 23.8 Å². The lowest BCUT2D eigenvalue weighted by Crippen LogP contribution is -2.36. The lowest BCUT2D eigenvalue weighted by Gasteiger charge is -2.27. The minimum absolute atomic E-state index is 0.321. The molecule has 0 fully saturated rings. The molecule has 0 radical (unpaired) electrons. The Labute approximate surface area is 114 Å². The SMILES string of the molecule is CC(C)(CNS(C)(=O)=O)c1ccc2c(c1)OCCO2. The molecule has 0 bridgehead atoms. The fourth-order valence-corrected chi connectivity index (χ4v) is 2.50. The molecule has 0 spiro atoms. The van der Waals surface area contributed by atoms with Gasteiger partial charge in [0.2, 0.25) is 10.0 Å². The van der Waals surface area contributed by atoms with Crippen molar-refractivity contribution in [1.29, 1.82) is 0 Å². The highest BCUT2D eigenvalue weighted by molar-refractivity contribution is 7.88. The van der Waals surface area contributed by atoms with Crippen LogP contribution < -0.4 is 14.2 Å². The third kappa shape index (κ3) is 3.61. The van der Waals surface area contributed by atoms with Crippen LogP contribution in [-0.4, -0.2) is 34.4 Å². The maximum absolute atomic E-state index is 11.2. The van der Waals surface area contributed by atoms with Crippen LogP contribution in [0.2, 0.25) is 0 Å². The number of fused-ring (bicyclic) bond motifs is 1. The van der Waals surface area contributed by atoms with E-state index in [-0.39, 0.29) is 5.41 Å². The second-order valence-electron chi connectivity index (χ2n) is 5.34. The Hall–Kier alpha value is -1.27. The van der Waals surface area contributed by atoms with E-state index in [2.05, 4.69) is 4.72 Å². The summed E-state index contributed by atoms with van der Waals surface area (Å²) in [4.78, 5) is 0. The van der Waals surface area contributed by atoms with Gasteiger partial charge in [-0.1, -0.05) is 19.9 Å². The third-order valence-electron chi connectivity index (χ3n) is 3.10. The molecule has 1 aliphatic heterocycles. The third-order valence-corrected chi connectivity index (χ3v) is 3.77. The van der Waals surface area contributed by atoms with Crippen LogP contribution >= 0.6 is 0 Å². The maximum Gasteiger partial charge on any atom is 0.208 e. The van der Waals surface area contributed by atoms with E-state index in [9.17, 15) is 8.42 Å². The minimum atomic E-state index is -3.19. The van der Waals surface area contributed by atoms with Gasteiger partial charge in [0.1, 0.15) is 13.2 Å². The molecule has 0 unspecified atom stereocenters. The first kappa shape index (κ1) is 14.1. The topological polar surface area (TPSA) is 64.6 Å². The van der Waals surface area contributed by atoms with E-state index >= 15 is 0 Å². The molecule has 0 aliphatic carbocycles. The van der Waals surface area contributed by atoms with Gasteiger partial charge in [-0.25, -0.2) is 13.1 Å². The van der Waals surface area contributed by atoms with Crippen LogP contribution in [-0.2, 0) is 15.4 Å². The number of nitrogens with one attached hydrogen (secondary N) is 1. The average molecular weight is 285 g/mol. The second-order valence-corrected chi connectivity index (χ2v) is 7.17. The normalized spacial score (nSPS) is 15.3. The Morgan fingerprint density at radius 1 is 1.21 bits per heavy atom. The molecular formula is C13H19NO4S. The predicted octanol–water partition coefficient (Wildman–Crippen LogP) is 1.28. The van der Waals surface area contributed by atoms with E-state index in [1.807, 2.05) is 32.0 Å². The van der Waals surface area contributed by atoms with Crippen molar-refractivity contribution in [3.63, 3.8) is 0 Å². The molecule has 1 aliphatic rings. The van der Waals surface area contributed by atoms with E-state index in [0.29, 0.717) is 19.8 Å². The van der Waals surface area contributed by atoms with E-state index in [1.165, 1.54) is 0 Å². The molecule has 0 aromatic heterocycles. The van der Waals surface area contributed by atoms with Crippen molar-refractivity contribution in [2.75, 3.05) is 26.0 Å². The zero-order valence-electron chi connectivity index (χ0n) is 11.4. The van der Waals surface area contributed by atoms with Crippen molar-refractivity contribution in [2.24, 2.45) is 0 Å². The van der Waals surface area contributed by atoms with Crippen LogP contribution in [0, 0.1) is 0 Å². The van der Waals surface area contributed by atoms with E-state index in [4.69, 9.17) is 9.47 Å². The molecule has 6 heteroatoms. The zero-order valence-corrected chi connectivity index (χ0v) is 12.2. The first-order chi connectivity index (χ1) is 8.78. The Balaban J connectivity index is 2.20. The summed E-state index contributed by atoms with van der Waals surface area (Å²) in [6, 6.07) is 5.72. The van der Waals surface area contributed by atoms with Gasteiger partial charge in [-0.2, -0.15) is 0 Å². The fraction of sp³-hybridized carbons (Fsp3) is 0.538. The van der Waals surface area contributed by atoms with Crippen LogP contribution in [0.3, 0.4) is 0 Å². The molecule has 0 saturated carbocycles. The van der Waals surface area contributed by atoms with Gasteiger partial charge in [-0.3, -0.25) is 0 Å². The van der Waals surface area contributed by atoms with E-state index in [0.717, 1.165) is 23.3 Å². The molecule has 1 aromatic carbocycles. The monoisotopic (exact) mass is 285 g/mol. The highest BCUT2D eigenvalue weighted by Gasteiger charge is 2.24. The number of rotatable bonds is 4. The summed E-state index contributed by atoms with van der Waals surface area (Å²) in [6.07, 6.45) is 1.16. The van der Waals surface area contributed by atoms with Gasteiger partial charge in [0.05, 0.1) is 6.26 Å². The van der Waals surface area contributed by atoms with Crippen LogP contribution in [0.1, 0.15) is 19.4 Å². The van der Waals surface area contributed by atoms with Gasteiger partial charge in [-0.15, -0.1) is 0 Å². The average Bonchev–Trinajstić information content (AvgIpc) is 2.35. The summed E-state index contributed by atoms with van der Waals surface area (Å²) < 4.78 is 35.9. The number of ether oxygens (including phenoxy) is 2.